The standard InChI is InChI=1S/C12H13BrClF/c13-11(8-1-2-8)6-4-9-3-5-10(15)7-12(9)14/h3,5,7-8,11H,1-2,4,6H2. The third-order valence-corrected chi connectivity index (χ3v) is 4.40. The predicted molar refractivity (Wildman–Crippen MR) is 65.2 cm³/mol. The van der Waals surface area contributed by atoms with Gasteiger partial charge < -0.3 is 0 Å². The fourth-order valence-corrected chi connectivity index (χ4v) is 2.73. The van der Waals surface area contributed by atoms with E-state index in [1.807, 2.05) is 0 Å². The third kappa shape index (κ3) is 3.18. The van der Waals surface area contributed by atoms with Crippen molar-refractivity contribution < 1.29 is 4.39 Å². The van der Waals surface area contributed by atoms with E-state index in [0.717, 1.165) is 24.3 Å². The second kappa shape index (κ2) is 4.84. The van der Waals surface area contributed by atoms with Gasteiger partial charge in [0.05, 0.1) is 0 Å². The van der Waals surface area contributed by atoms with Gasteiger partial charge in [0.15, 0.2) is 0 Å². The van der Waals surface area contributed by atoms with Crippen LogP contribution in [0.25, 0.3) is 0 Å². The van der Waals surface area contributed by atoms with Crippen LogP contribution in [0.15, 0.2) is 18.2 Å². The Morgan fingerprint density at radius 2 is 2.20 bits per heavy atom. The van der Waals surface area contributed by atoms with Gasteiger partial charge in [-0.3, -0.25) is 0 Å². The van der Waals surface area contributed by atoms with E-state index in [-0.39, 0.29) is 5.82 Å². The van der Waals surface area contributed by atoms with E-state index in [1.54, 1.807) is 6.07 Å². The molecule has 82 valence electrons. The van der Waals surface area contributed by atoms with Gasteiger partial charge in [-0.25, -0.2) is 4.39 Å². The monoisotopic (exact) mass is 290 g/mol. The Morgan fingerprint density at radius 3 is 2.80 bits per heavy atom. The number of hydrogen-bond acceptors (Lipinski definition) is 0. The summed E-state index contributed by atoms with van der Waals surface area (Å²) >= 11 is 9.64. The lowest BCUT2D eigenvalue weighted by atomic mass is 10.1. The van der Waals surface area contributed by atoms with Crippen LogP contribution in [0.3, 0.4) is 0 Å². The summed E-state index contributed by atoms with van der Waals surface area (Å²) in [6.45, 7) is 0. The van der Waals surface area contributed by atoms with Gasteiger partial charge in [-0.1, -0.05) is 33.6 Å². The zero-order valence-corrected chi connectivity index (χ0v) is 10.7. The molecule has 0 N–H and O–H groups in total. The molecular formula is C12H13BrClF. The second-order valence-electron chi connectivity index (χ2n) is 4.13. The Labute approximate surface area is 103 Å². The molecule has 0 aromatic heterocycles. The Morgan fingerprint density at radius 1 is 1.47 bits per heavy atom. The lowest BCUT2D eigenvalue weighted by Crippen LogP contribution is -2.02. The van der Waals surface area contributed by atoms with Crippen molar-refractivity contribution in [3.05, 3.63) is 34.6 Å². The van der Waals surface area contributed by atoms with Crippen LogP contribution in [0, 0.1) is 11.7 Å². The van der Waals surface area contributed by atoms with Gasteiger partial charge in [0, 0.05) is 9.85 Å². The molecule has 0 spiro atoms. The molecule has 1 fully saturated rings. The molecule has 0 radical (unpaired) electrons. The fourth-order valence-electron chi connectivity index (χ4n) is 1.71. The van der Waals surface area contributed by atoms with E-state index >= 15 is 0 Å². The zero-order valence-electron chi connectivity index (χ0n) is 8.35. The summed E-state index contributed by atoms with van der Waals surface area (Å²) in [5.74, 6) is 0.588. The number of aryl methyl sites for hydroxylation is 1. The highest BCUT2D eigenvalue weighted by atomic mass is 79.9. The maximum atomic E-state index is 12.8. The quantitative estimate of drug-likeness (QED) is 0.712. The third-order valence-electron chi connectivity index (χ3n) is 2.84. The number of halogens is 3. The van der Waals surface area contributed by atoms with Gasteiger partial charge in [-0.2, -0.15) is 0 Å². The van der Waals surface area contributed by atoms with Crippen molar-refractivity contribution in [2.75, 3.05) is 0 Å². The van der Waals surface area contributed by atoms with Crippen molar-refractivity contribution in [2.24, 2.45) is 5.92 Å². The highest BCUT2D eigenvalue weighted by molar-refractivity contribution is 9.09. The molecule has 1 aromatic rings. The molecule has 1 atom stereocenters. The zero-order chi connectivity index (χ0) is 10.8. The van der Waals surface area contributed by atoms with Gasteiger partial charge in [0.2, 0.25) is 0 Å². The number of alkyl halides is 1. The summed E-state index contributed by atoms with van der Waals surface area (Å²) in [7, 11) is 0. The minimum Gasteiger partial charge on any atom is -0.207 e. The molecule has 0 amide bonds. The van der Waals surface area contributed by atoms with Crippen LogP contribution in [-0.2, 0) is 6.42 Å². The molecule has 15 heavy (non-hydrogen) atoms. The summed E-state index contributed by atoms with van der Waals surface area (Å²) in [6.07, 6.45) is 4.68. The molecule has 2 rings (SSSR count). The Bertz CT molecular complexity index is 349. The molecule has 0 saturated heterocycles. The molecule has 1 aliphatic rings. The van der Waals surface area contributed by atoms with E-state index < -0.39 is 0 Å². The van der Waals surface area contributed by atoms with Crippen LogP contribution in [0.2, 0.25) is 5.02 Å². The fraction of sp³-hybridized carbons (Fsp3) is 0.500. The first-order chi connectivity index (χ1) is 7.16. The summed E-state index contributed by atoms with van der Waals surface area (Å²) in [5, 5.41) is 0.547. The van der Waals surface area contributed by atoms with Gasteiger partial charge in [-0.15, -0.1) is 0 Å². The summed E-state index contributed by atoms with van der Waals surface area (Å²) in [5.41, 5.74) is 1.04. The minimum atomic E-state index is -0.263. The summed E-state index contributed by atoms with van der Waals surface area (Å²) < 4.78 is 12.8. The first-order valence-corrected chi connectivity index (χ1v) is 6.54. The van der Waals surface area contributed by atoms with E-state index in [2.05, 4.69) is 15.9 Å². The van der Waals surface area contributed by atoms with E-state index in [0.29, 0.717) is 9.85 Å². The van der Waals surface area contributed by atoms with Crippen molar-refractivity contribution in [3.8, 4) is 0 Å². The molecule has 0 heterocycles. The normalized spacial score (nSPS) is 17.8. The number of rotatable bonds is 4. The molecule has 1 aliphatic carbocycles. The van der Waals surface area contributed by atoms with Crippen LogP contribution in [0.1, 0.15) is 24.8 Å². The lowest BCUT2D eigenvalue weighted by Gasteiger charge is -2.09. The second-order valence-corrected chi connectivity index (χ2v) is 5.71. The molecule has 1 unspecified atom stereocenters. The largest absolute Gasteiger partial charge is 0.207 e. The highest BCUT2D eigenvalue weighted by Crippen LogP contribution is 2.38. The average Bonchev–Trinajstić information content (AvgIpc) is 2.99. The maximum Gasteiger partial charge on any atom is 0.124 e. The molecule has 1 saturated carbocycles. The summed E-state index contributed by atoms with van der Waals surface area (Å²) in [4.78, 5) is 0.596. The lowest BCUT2D eigenvalue weighted by molar-refractivity contribution is 0.626. The number of benzene rings is 1. The van der Waals surface area contributed by atoms with Crippen LogP contribution < -0.4 is 0 Å². The molecule has 0 bridgehead atoms. The smallest absolute Gasteiger partial charge is 0.124 e. The van der Waals surface area contributed by atoms with E-state index in [9.17, 15) is 4.39 Å². The first-order valence-electron chi connectivity index (χ1n) is 5.25. The van der Waals surface area contributed by atoms with Crippen LogP contribution in [0.5, 0.6) is 0 Å². The van der Waals surface area contributed by atoms with Crippen molar-refractivity contribution in [1.29, 1.82) is 0 Å². The van der Waals surface area contributed by atoms with Crippen LogP contribution in [0.4, 0.5) is 4.39 Å². The Balaban J connectivity index is 1.92. The molecular weight excluding hydrogens is 278 g/mol. The van der Waals surface area contributed by atoms with E-state index in [4.69, 9.17) is 11.6 Å². The van der Waals surface area contributed by atoms with Gasteiger partial charge in [0.25, 0.3) is 0 Å². The van der Waals surface area contributed by atoms with Gasteiger partial charge in [-0.05, 0) is 49.3 Å². The Hall–Kier alpha value is -0.0800. The van der Waals surface area contributed by atoms with E-state index in [1.165, 1.54) is 25.0 Å². The van der Waals surface area contributed by atoms with Crippen molar-refractivity contribution in [1.82, 2.24) is 0 Å². The minimum absolute atomic E-state index is 0.263. The molecule has 3 heteroatoms. The topological polar surface area (TPSA) is 0 Å². The first kappa shape index (κ1) is 11.4. The van der Waals surface area contributed by atoms with Crippen molar-refractivity contribution in [2.45, 2.75) is 30.5 Å². The van der Waals surface area contributed by atoms with Crippen LogP contribution >= 0.6 is 27.5 Å². The maximum absolute atomic E-state index is 12.8. The van der Waals surface area contributed by atoms with Crippen molar-refractivity contribution in [3.63, 3.8) is 0 Å². The molecule has 0 aliphatic heterocycles. The van der Waals surface area contributed by atoms with Gasteiger partial charge >= 0.3 is 0 Å². The molecule has 0 nitrogen and oxygen atoms in total. The predicted octanol–water partition coefficient (Wildman–Crippen LogP) is 4.59. The summed E-state index contributed by atoms with van der Waals surface area (Å²) in [6, 6.07) is 4.64. The highest BCUT2D eigenvalue weighted by Gasteiger charge is 2.28. The van der Waals surface area contributed by atoms with Gasteiger partial charge in [0.1, 0.15) is 5.82 Å². The van der Waals surface area contributed by atoms with Crippen LogP contribution in [-0.4, -0.2) is 4.83 Å². The average molecular weight is 292 g/mol. The van der Waals surface area contributed by atoms with Crippen molar-refractivity contribution >= 4 is 27.5 Å². The SMILES string of the molecule is Fc1ccc(CCC(Br)C2CC2)c(Cl)c1. The molecule has 1 aromatic carbocycles. The Kier molecular flexibility index (Phi) is 3.68. The number of hydrogen-bond donors (Lipinski definition) is 0.